The van der Waals surface area contributed by atoms with E-state index < -0.39 is 5.97 Å². The summed E-state index contributed by atoms with van der Waals surface area (Å²) in [6.45, 7) is 6.28. The predicted octanol–water partition coefficient (Wildman–Crippen LogP) is 4.88. The van der Waals surface area contributed by atoms with E-state index in [1.807, 2.05) is 56.3 Å². The van der Waals surface area contributed by atoms with E-state index in [2.05, 4.69) is 5.10 Å². The van der Waals surface area contributed by atoms with Crippen LogP contribution in [-0.2, 0) is 17.9 Å². The number of hydrogen-bond donors (Lipinski definition) is 0. The van der Waals surface area contributed by atoms with E-state index in [9.17, 15) is 4.79 Å². The molecule has 5 nitrogen and oxygen atoms in total. The van der Waals surface area contributed by atoms with Gasteiger partial charge in [0, 0.05) is 10.6 Å². The summed E-state index contributed by atoms with van der Waals surface area (Å²) in [7, 11) is 1.60. The van der Waals surface area contributed by atoms with Crippen molar-refractivity contribution in [2.45, 2.75) is 33.9 Å². The number of hydrogen-bond acceptors (Lipinski definition) is 4. The molecule has 0 fully saturated rings. The molecular weight excluding hydrogens is 376 g/mol. The first-order valence-electron chi connectivity index (χ1n) is 8.98. The van der Waals surface area contributed by atoms with Crippen LogP contribution in [-0.4, -0.2) is 22.9 Å². The SMILES string of the molecule is COc1ccc(C)cc1COC(=O)c1c(C)nn(Cc2ccccc2Cl)c1C. The lowest BCUT2D eigenvalue weighted by Gasteiger charge is -2.11. The fourth-order valence-corrected chi connectivity index (χ4v) is 3.37. The van der Waals surface area contributed by atoms with Crippen LogP contribution < -0.4 is 4.74 Å². The van der Waals surface area contributed by atoms with Crippen LogP contribution in [0.25, 0.3) is 0 Å². The molecule has 28 heavy (non-hydrogen) atoms. The number of halogens is 1. The van der Waals surface area contributed by atoms with Crippen molar-refractivity contribution in [3.8, 4) is 5.75 Å². The van der Waals surface area contributed by atoms with Crippen LogP contribution in [0.1, 0.15) is 38.4 Å². The number of methoxy groups -OCH3 is 1. The van der Waals surface area contributed by atoms with Crippen LogP contribution >= 0.6 is 11.6 Å². The third-order valence-corrected chi connectivity index (χ3v) is 5.03. The van der Waals surface area contributed by atoms with Crippen molar-refractivity contribution in [2.24, 2.45) is 0 Å². The third-order valence-electron chi connectivity index (χ3n) is 4.66. The Labute approximate surface area is 169 Å². The molecule has 0 saturated carbocycles. The van der Waals surface area contributed by atoms with Crippen LogP contribution in [0, 0.1) is 20.8 Å². The summed E-state index contributed by atoms with van der Waals surface area (Å²) in [5.41, 5.74) is 4.71. The molecule has 0 amide bonds. The molecule has 3 rings (SSSR count). The van der Waals surface area contributed by atoms with E-state index in [1.54, 1.807) is 18.7 Å². The van der Waals surface area contributed by atoms with Crippen molar-refractivity contribution >= 4 is 17.6 Å². The van der Waals surface area contributed by atoms with E-state index in [-0.39, 0.29) is 6.61 Å². The number of aryl methyl sites for hydroxylation is 2. The van der Waals surface area contributed by atoms with Crippen molar-refractivity contribution in [3.63, 3.8) is 0 Å². The molecule has 0 aliphatic rings. The van der Waals surface area contributed by atoms with Gasteiger partial charge in [-0.1, -0.05) is 41.4 Å². The monoisotopic (exact) mass is 398 g/mol. The lowest BCUT2D eigenvalue weighted by molar-refractivity contribution is 0.0468. The van der Waals surface area contributed by atoms with E-state index >= 15 is 0 Å². The van der Waals surface area contributed by atoms with Gasteiger partial charge in [-0.2, -0.15) is 5.10 Å². The molecule has 1 aromatic heterocycles. The Balaban J connectivity index is 1.78. The van der Waals surface area contributed by atoms with Crippen molar-refractivity contribution in [2.75, 3.05) is 7.11 Å². The molecule has 0 atom stereocenters. The molecule has 0 radical (unpaired) electrons. The minimum Gasteiger partial charge on any atom is -0.496 e. The minimum absolute atomic E-state index is 0.137. The topological polar surface area (TPSA) is 53.4 Å². The molecular formula is C22H23ClN2O3. The van der Waals surface area contributed by atoms with Gasteiger partial charge in [0.05, 0.1) is 25.0 Å². The molecule has 6 heteroatoms. The Bertz CT molecular complexity index is 1010. The molecule has 146 valence electrons. The second kappa shape index (κ2) is 8.48. The van der Waals surface area contributed by atoms with Gasteiger partial charge in [0.1, 0.15) is 17.9 Å². The normalized spacial score (nSPS) is 10.8. The number of aromatic nitrogens is 2. The highest BCUT2D eigenvalue weighted by atomic mass is 35.5. The zero-order chi connectivity index (χ0) is 20.3. The molecule has 0 spiro atoms. The van der Waals surface area contributed by atoms with Gasteiger partial charge in [-0.05, 0) is 44.5 Å². The standard InChI is InChI=1S/C22H23ClN2O3/c1-14-9-10-20(27-4)18(11-14)13-28-22(26)21-15(2)24-25(16(21)3)12-17-7-5-6-8-19(17)23/h5-11H,12-13H2,1-4H3. The Kier molecular flexibility index (Phi) is 6.05. The highest BCUT2D eigenvalue weighted by Gasteiger charge is 2.21. The Morgan fingerprint density at radius 2 is 1.86 bits per heavy atom. The second-order valence-corrected chi connectivity index (χ2v) is 7.09. The maximum absolute atomic E-state index is 12.7. The van der Waals surface area contributed by atoms with Gasteiger partial charge >= 0.3 is 5.97 Å². The van der Waals surface area contributed by atoms with E-state index in [0.29, 0.717) is 28.6 Å². The fourth-order valence-electron chi connectivity index (χ4n) is 3.17. The first-order valence-corrected chi connectivity index (χ1v) is 9.36. The van der Waals surface area contributed by atoms with Gasteiger partial charge < -0.3 is 9.47 Å². The minimum atomic E-state index is -0.399. The van der Waals surface area contributed by atoms with Crippen LogP contribution in [0.15, 0.2) is 42.5 Å². The maximum Gasteiger partial charge on any atom is 0.342 e. The van der Waals surface area contributed by atoms with Crippen molar-refractivity contribution < 1.29 is 14.3 Å². The van der Waals surface area contributed by atoms with Crippen molar-refractivity contribution in [1.29, 1.82) is 0 Å². The third kappa shape index (κ3) is 4.20. The Hall–Kier alpha value is -2.79. The van der Waals surface area contributed by atoms with Gasteiger partial charge in [0.15, 0.2) is 0 Å². The summed E-state index contributed by atoms with van der Waals surface area (Å²) in [5.74, 6) is 0.297. The summed E-state index contributed by atoms with van der Waals surface area (Å²) < 4.78 is 12.7. The average Bonchev–Trinajstić information content (AvgIpc) is 2.95. The molecule has 0 unspecified atom stereocenters. The molecule has 0 aliphatic carbocycles. The number of rotatable bonds is 6. The number of esters is 1. The van der Waals surface area contributed by atoms with Crippen LogP contribution in [0.4, 0.5) is 0 Å². The fraction of sp³-hybridized carbons (Fsp3) is 0.273. The number of carbonyl (C=O) groups is 1. The van der Waals surface area contributed by atoms with Crippen molar-refractivity contribution in [1.82, 2.24) is 9.78 Å². The molecule has 1 heterocycles. The molecule has 0 saturated heterocycles. The first-order chi connectivity index (χ1) is 13.4. The van der Waals surface area contributed by atoms with Crippen molar-refractivity contribution in [3.05, 3.63) is 81.1 Å². The Morgan fingerprint density at radius 1 is 1.11 bits per heavy atom. The molecule has 0 aliphatic heterocycles. The zero-order valence-corrected chi connectivity index (χ0v) is 17.2. The quantitative estimate of drug-likeness (QED) is 0.555. The largest absolute Gasteiger partial charge is 0.496 e. The maximum atomic E-state index is 12.7. The lowest BCUT2D eigenvalue weighted by Crippen LogP contribution is -2.10. The smallest absolute Gasteiger partial charge is 0.342 e. The second-order valence-electron chi connectivity index (χ2n) is 6.69. The summed E-state index contributed by atoms with van der Waals surface area (Å²) in [4.78, 5) is 12.7. The predicted molar refractivity (Wildman–Crippen MR) is 109 cm³/mol. The number of ether oxygens (including phenoxy) is 2. The van der Waals surface area contributed by atoms with Crippen LogP contribution in [0.5, 0.6) is 5.75 Å². The van der Waals surface area contributed by atoms with E-state index in [0.717, 1.165) is 22.4 Å². The molecule has 3 aromatic rings. The summed E-state index contributed by atoms with van der Waals surface area (Å²) in [6, 6.07) is 13.4. The van der Waals surface area contributed by atoms with Gasteiger partial charge in [0.25, 0.3) is 0 Å². The van der Waals surface area contributed by atoms with Gasteiger partial charge in [0.2, 0.25) is 0 Å². The van der Waals surface area contributed by atoms with Gasteiger partial charge in [-0.3, -0.25) is 4.68 Å². The number of carbonyl (C=O) groups excluding carboxylic acids is 1. The van der Waals surface area contributed by atoms with E-state index in [4.69, 9.17) is 21.1 Å². The molecule has 0 bridgehead atoms. The zero-order valence-electron chi connectivity index (χ0n) is 16.5. The van der Waals surface area contributed by atoms with Gasteiger partial charge in [-0.15, -0.1) is 0 Å². The van der Waals surface area contributed by atoms with Crippen LogP contribution in [0.3, 0.4) is 0 Å². The van der Waals surface area contributed by atoms with E-state index in [1.165, 1.54) is 0 Å². The highest BCUT2D eigenvalue weighted by Crippen LogP contribution is 2.23. The summed E-state index contributed by atoms with van der Waals surface area (Å²) >= 11 is 6.25. The first kappa shape index (κ1) is 20.0. The highest BCUT2D eigenvalue weighted by molar-refractivity contribution is 6.31. The van der Waals surface area contributed by atoms with Crippen LogP contribution in [0.2, 0.25) is 5.02 Å². The molecule has 2 aromatic carbocycles. The van der Waals surface area contributed by atoms with Gasteiger partial charge in [-0.25, -0.2) is 4.79 Å². The number of nitrogens with zero attached hydrogens (tertiary/aromatic N) is 2. The molecule has 0 N–H and O–H groups in total. The lowest BCUT2D eigenvalue weighted by atomic mass is 10.1. The average molecular weight is 399 g/mol. The summed E-state index contributed by atoms with van der Waals surface area (Å²) in [6.07, 6.45) is 0. The Morgan fingerprint density at radius 3 is 2.57 bits per heavy atom. The summed E-state index contributed by atoms with van der Waals surface area (Å²) in [5, 5.41) is 5.17. The number of benzene rings is 2.